The maximum absolute atomic E-state index is 10.2. The summed E-state index contributed by atoms with van der Waals surface area (Å²) in [6.45, 7) is 7.79. The van der Waals surface area contributed by atoms with E-state index < -0.39 is 0 Å². The molecule has 0 unspecified atom stereocenters. The van der Waals surface area contributed by atoms with Crippen molar-refractivity contribution >= 4 is 5.82 Å². The third-order valence-electron chi connectivity index (χ3n) is 2.74. The van der Waals surface area contributed by atoms with Gasteiger partial charge in [-0.15, -0.1) is 0 Å². The monoisotopic (exact) mass is 252 g/mol. The largest absolute Gasteiger partial charge is 0.366 e. The van der Waals surface area contributed by atoms with Gasteiger partial charge in [0.25, 0.3) is 0 Å². The number of aryl methyl sites for hydroxylation is 1. The zero-order valence-corrected chi connectivity index (χ0v) is 11.3. The molecule has 100 valence electrons. The predicted molar refractivity (Wildman–Crippen MR) is 67.7 cm³/mol. The standard InChI is InChI=1S/C13H20N2O3/c1-9-8-12(14-18-9)15(16)10-6-5-7-11(10)17-13(2,3)4/h5,7-8,10-11,16H,6H2,1-4H3/t10-,11-/m1/s1. The SMILES string of the molecule is Cc1cc(N(O)[C@@H]2CC=C[C@H]2OC(C)(C)C)no1. The van der Waals surface area contributed by atoms with Crippen molar-refractivity contribution in [3.63, 3.8) is 0 Å². The highest BCUT2D eigenvalue weighted by atomic mass is 16.5. The number of aromatic nitrogens is 1. The summed E-state index contributed by atoms with van der Waals surface area (Å²) in [5.74, 6) is 1.09. The number of nitrogens with zero attached hydrogens (tertiary/aromatic N) is 2. The number of ether oxygens (including phenoxy) is 1. The van der Waals surface area contributed by atoms with Crippen LogP contribution >= 0.6 is 0 Å². The minimum absolute atomic E-state index is 0.146. The normalized spacial score (nSPS) is 23.6. The van der Waals surface area contributed by atoms with Crippen LogP contribution in [0.5, 0.6) is 0 Å². The van der Waals surface area contributed by atoms with Gasteiger partial charge in [0.1, 0.15) is 5.76 Å². The molecule has 1 aliphatic carbocycles. The molecule has 2 atom stereocenters. The highest BCUT2D eigenvalue weighted by molar-refractivity contribution is 5.37. The minimum atomic E-state index is -0.252. The van der Waals surface area contributed by atoms with Crippen molar-refractivity contribution in [3.8, 4) is 0 Å². The first-order chi connectivity index (χ1) is 8.37. The molecule has 18 heavy (non-hydrogen) atoms. The molecule has 1 aromatic heterocycles. The number of anilines is 1. The summed E-state index contributed by atoms with van der Waals surface area (Å²) in [5, 5.41) is 15.1. The fourth-order valence-corrected chi connectivity index (χ4v) is 2.01. The Morgan fingerprint density at radius 2 is 2.22 bits per heavy atom. The molecule has 0 aromatic carbocycles. The molecule has 1 N–H and O–H groups in total. The van der Waals surface area contributed by atoms with Crippen LogP contribution in [0.3, 0.4) is 0 Å². The Morgan fingerprint density at radius 3 is 2.78 bits per heavy atom. The van der Waals surface area contributed by atoms with E-state index in [4.69, 9.17) is 9.26 Å². The first kappa shape index (κ1) is 13.1. The van der Waals surface area contributed by atoms with Crippen LogP contribution in [0, 0.1) is 6.92 Å². The van der Waals surface area contributed by atoms with Gasteiger partial charge in [-0.25, -0.2) is 5.06 Å². The van der Waals surface area contributed by atoms with Gasteiger partial charge in [0, 0.05) is 6.07 Å². The Hall–Kier alpha value is -1.33. The van der Waals surface area contributed by atoms with E-state index >= 15 is 0 Å². The van der Waals surface area contributed by atoms with E-state index in [1.54, 1.807) is 13.0 Å². The van der Waals surface area contributed by atoms with E-state index in [0.29, 0.717) is 11.6 Å². The quantitative estimate of drug-likeness (QED) is 0.662. The third kappa shape index (κ3) is 2.91. The molecule has 0 saturated carbocycles. The Kier molecular flexibility index (Phi) is 3.45. The topological polar surface area (TPSA) is 58.7 Å². The van der Waals surface area contributed by atoms with Crippen molar-refractivity contribution in [3.05, 3.63) is 24.0 Å². The molecule has 5 heteroatoms. The average molecular weight is 252 g/mol. The first-order valence-corrected chi connectivity index (χ1v) is 6.13. The summed E-state index contributed by atoms with van der Waals surface area (Å²) in [7, 11) is 0. The summed E-state index contributed by atoms with van der Waals surface area (Å²) >= 11 is 0. The number of hydrogen-bond acceptors (Lipinski definition) is 5. The van der Waals surface area contributed by atoms with E-state index in [1.807, 2.05) is 32.9 Å². The molecule has 5 nitrogen and oxygen atoms in total. The lowest BCUT2D eigenvalue weighted by atomic mass is 10.1. The number of hydrogen-bond donors (Lipinski definition) is 1. The highest BCUT2D eigenvalue weighted by Crippen LogP contribution is 2.27. The lowest BCUT2D eigenvalue weighted by Crippen LogP contribution is -2.43. The second-order valence-electron chi connectivity index (χ2n) is 5.57. The second-order valence-corrected chi connectivity index (χ2v) is 5.57. The summed E-state index contributed by atoms with van der Waals surface area (Å²) in [5.41, 5.74) is -0.252. The van der Waals surface area contributed by atoms with Crippen LogP contribution in [-0.4, -0.2) is 28.1 Å². The van der Waals surface area contributed by atoms with Crippen molar-refractivity contribution in [2.24, 2.45) is 0 Å². The summed E-state index contributed by atoms with van der Waals surface area (Å²) in [4.78, 5) is 0. The zero-order valence-electron chi connectivity index (χ0n) is 11.3. The Morgan fingerprint density at radius 1 is 1.50 bits per heavy atom. The molecule has 0 amide bonds. The molecule has 0 saturated heterocycles. The number of rotatable bonds is 3. The summed E-state index contributed by atoms with van der Waals surface area (Å²) in [6, 6.07) is 1.54. The van der Waals surface area contributed by atoms with Crippen molar-refractivity contribution in [1.82, 2.24) is 5.16 Å². The van der Waals surface area contributed by atoms with Gasteiger partial charge in [-0.2, -0.15) is 0 Å². The van der Waals surface area contributed by atoms with Crippen LogP contribution in [0.4, 0.5) is 5.82 Å². The third-order valence-corrected chi connectivity index (χ3v) is 2.74. The van der Waals surface area contributed by atoms with E-state index in [2.05, 4.69) is 5.16 Å². The maximum Gasteiger partial charge on any atom is 0.196 e. The molecular weight excluding hydrogens is 232 g/mol. The van der Waals surface area contributed by atoms with E-state index in [1.165, 1.54) is 0 Å². The van der Waals surface area contributed by atoms with Crippen molar-refractivity contribution in [1.29, 1.82) is 0 Å². The van der Waals surface area contributed by atoms with Crippen LogP contribution < -0.4 is 5.06 Å². The predicted octanol–water partition coefficient (Wildman–Crippen LogP) is 2.69. The lowest BCUT2D eigenvalue weighted by molar-refractivity contribution is -0.0540. The van der Waals surface area contributed by atoms with Crippen LogP contribution in [0.1, 0.15) is 33.0 Å². The molecule has 1 aromatic rings. The van der Waals surface area contributed by atoms with Crippen LogP contribution in [0.25, 0.3) is 0 Å². The summed E-state index contributed by atoms with van der Waals surface area (Å²) < 4.78 is 10.9. The molecule has 0 fully saturated rings. The number of hydroxylamine groups is 1. The van der Waals surface area contributed by atoms with Gasteiger partial charge >= 0.3 is 0 Å². The van der Waals surface area contributed by atoms with Gasteiger partial charge in [0.15, 0.2) is 5.82 Å². The van der Waals surface area contributed by atoms with Crippen molar-refractivity contribution in [2.75, 3.05) is 5.06 Å². The Labute approximate surface area is 107 Å². The molecule has 1 heterocycles. The molecular formula is C13H20N2O3. The van der Waals surface area contributed by atoms with E-state index in [-0.39, 0.29) is 17.7 Å². The lowest BCUT2D eigenvalue weighted by Gasteiger charge is -2.31. The molecule has 0 radical (unpaired) electrons. The van der Waals surface area contributed by atoms with Crippen LogP contribution in [-0.2, 0) is 4.74 Å². The maximum atomic E-state index is 10.2. The fourth-order valence-electron chi connectivity index (χ4n) is 2.01. The van der Waals surface area contributed by atoms with Crippen LogP contribution in [0.2, 0.25) is 0 Å². The van der Waals surface area contributed by atoms with Crippen molar-refractivity contribution in [2.45, 2.75) is 51.9 Å². The first-order valence-electron chi connectivity index (χ1n) is 6.13. The molecule has 0 bridgehead atoms. The van der Waals surface area contributed by atoms with Crippen molar-refractivity contribution < 1.29 is 14.5 Å². The molecule has 0 aliphatic heterocycles. The zero-order chi connectivity index (χ0) is 13.3. The van der Waals surface area contributed by atoms with E-state index in [9.17, 15) is 5.21 Å². The van der Waals surface area contributed by atoms with E-state index in [0.717, 1.165) is 11.5 Å². The smallest absolute Gasteiger partial charge is 0.196 e. The minimum Gasteiger partial charge on any atom is -0.366 e. The molecule has 2 rings (SSSR count). The van der Waals surface area contributed by atoms with Crippen LogP contribution in [0.15, 0.2) is 22.7 Å². The van der Waals surface area contributed by atoms with Gasteiger partial charge < -0.3 is 9.26 Å². The molecule has 1 aliphatic rings. The van der Waals surface area contributed by atoms with Gasteiger partial charge in [-0.05, 0) is 34.1 Å². The van der Waals surface area contributed by atoms with Gasteiger partial charge in [-0.1, -0.05) is 17.3 Å². The Balaban J connectivity index is 2.08. The highest BCUT2D eigenvalue weighted by Gasteiger charge is 2.33. The van der Waals surface area contributed by atoms with Gasteiger partial charge in [-0.3, -0.25) is 5.21 Å². The van der Waals surface area contributed by atoms with Gasteiger partial charge in [0.05, 0.1) is 17.7 Å². The fraction of sp³-hybridized carbons (Fsp3) is 0.615. The summed E-state index contributed by atoms with van der Waals surface area (Å²) in [6.07, 6.45) is 4.57. The van der Waals surface area contributed by atoms with Gasteiger partial charge in [0.2, 0.25) is 0 Å². The average Bonchev–Trinajstić information content (AvgIpc) is 2.84. The molecule has 0 spiro atoms. The Bertz CT molecular complexity index is 434. The second kappa shape index (κ2) is 4.74.